The fraction of sp³-hybridized carbons (Fsp3) is 0.680. The highest BCUT2D eigenvalue weighted by Crippen LogP contribution is 2.41. The molecule has 1 unspecified atom stereocenters. The minimum Gasteiger partial charge on any atom is -0.444 e. The normalized spacial score (nSPS) is 22.4. The zero-order valence-electron chi connectivity index (χ0n) is 18.7. The molecule has 1 heterocycles. The number of carbonyl (C=O) groups is 2. The summed E-state index contributed by atoms with van der Waals surface area (Å²) < 4.78 is 5.50. The Kier molecular flexibility index (Phi) is 6.08. The second-order valence-corrected chi connectivity index (χ2v) is 10.3. The molecule has 1 saturated carbocycles. The maximum Gasteiger partial charge on any atom is 0.410 e. The number of hydrogen-bond acceptors (Lipinski definition) is 3. The molecule has 164 valence electrons. The van der Waals surface area contributed by atoms with Crippen LogP contribution in [-0.2, 0) is 16.0 Å². The highest BCUT2D eigenvalue weighted by molar-refractivity contribution is 5.78. The third-order valence-corrected chi connectivity index (χ3v) is 6.63. The molecule has 0 radical (unpaired) electrons. The number of hydrogen-bond donors (Lipinski definition) is 0. The van der Waals surface area contributed by atoms with Gasteiger partial charge in [0.05, 0.1) is 6.04 Å². The molecule has 2 aliphatic carbocycles. The predicted octanol–water partition coefficient (Wildman–Crippen LogP) is 5.09. The number of amides is 2. The van der Waals surface area contributed by atoms with E-state index in [0.717, 1.165) is 44.9 Å². The number of piperidine rings is 1. The highest BCUT2D eigenvalue weighted by Gasteiger charge is 2.40. The van der Waals surface area contributed by atoms with E-state index < -0.39 is 5.60 Å². The first-order valence-electron chi connectivity index (χ1n) is 11.7. The van der Waals surface area contributed by atoms with E-state index in [1.165, 1.54) is 11.1 Å². The molecular weight excluding hydrogens is 376 g/mol. The lowest BCUT2D eigenvalue weighted by molar-refractivity contribution is -0.136. The van der Waals surface area contributed by atoms with Crippen molar-refractivity contribution in [3.05, 3.63) is 35.4 Å². The summed E-state index contributed by atoms with van der Waals surface area (Å²) in [7, 11) is 0. The van der Waals surface area contributed by atoms with Gasteiger partial charge in [-0.2, -0.15) is 0 Å². The molecular formula is C25H36N2O3. The Labute approximate surface area is 180 Å². The van der Waals surface area contributed by atoms with Crippen LogP contribution in [0.25, 0.3) is 0 Å². The van der Waals surface area contributed by atoms with Crippen LogP contribution >= 0.6 is 0 Å². The van der Waals surface area contributed by atoms with Gasteiger partial charge in [0.1, 0.15) is 5.60 Å². The molecule has 2 amide bonds. The predicted molar refractivity (Wildman–Crippen MR) is 117 cm³/mol. The van der Waals surface area contributed by atoms with Crippen molar-refractivity contribution in [1.29, 1.82) is 0 Å². The Morgan fingerprint density at radius 1 is 1.07 bits per heavy atom. The summed E-state index contributed by atoms with van der Waals surface area (Å²) in [6.07, 6.45) is 7.78. The fourth-order valence-electron chi connectivity index (χ4n) is 5.00. The minimum atomic E-state index is -0.467. The molecule has 0 spiro atoms. The summed E-state index contributed by atoms with van der Waals surface area (Å²) in [4.78, 5) is 29.8. The second-order valence-electron chi connectivity index (χ2n) is 10.3. The standard InChI is InChI=1S/C25H36N2O3/c1-25(2,3)30-24(29)26-15-13-18(14-16-26)17-23(28)27(20-11-12-20)22-10-6-8-19-7-4-5-9-21(19)22/h4-5,7,9,18,20,22H,6,8,10-17H2,1-3H3. The van der Waals surface area contributed by atoms with E-state index in [-0.39, 0.29) is 12.1 Å². The summed E-state index contributed by atoms with van der Waals surface area (Å²) in [5, 5.41) is 0. The lowest BCUT2D eigenvalue weighted by Crippen LogP contribution is -2.43. The molecule has 1 aliphatic heterocycles. The first kappa shape index (κ1) is 21.2. The van der Waals surface area contributed by atoms with Crippen molar-refractivity contribution < 1.29 is 14.3 Å². The van der Waals surface area contributed by atoms with Crippen molar-refractivity contribution in [1.82, 2.24) is 9.80 Å². The average Bonchev–Trinajstić information content (AvgIpc) is 3.52. The first-order chi connectivity index (χ1) is 14.3. The number of fused-ring (bicyclic) bond motifs is 1. The third-order valence-electron chi connectivity index (χ3n) is 6.63. The van der Waals surface area contributed by atoms with Gasteiger partial charge in [0, 0.05) is 25.6 Å². The van der Waals surface area contributed by atoms with E-state index in [2.05, 4.69) is 29.2 Å². The first-order valence-corrected chi connectivity index (χ1v) is 11.7. The van der Waals surface area contributed by atoms with Crippen molar-refractivity contribution in [3.8, 4) is 0 Å². The largest absolute Gasteiger partial charge is 0.444 e. The topological polar surface area (TPSA) is 49.9 Å². The van der Waals surface area contributed by atoms with Crippen LogP contribution in [0, 0.1) is 5.92 Å². The molecule has 30 heavy (non-hydrogen) atoms. The van der Waals surface area contributed by atoms with E-state index >= 15 is 0 Å². The maximum absolute atomic E-state index is 13.4. The third kappa shape index (κ3) is 4.98. The van der Waals surface area contributed by atoms with Crippen molar-refractivity contribution in [2.45, 2.75) is 89.8 Å². The van der Waals surface area contributed by atoms with Gasteiger partial charge in [-0.25, -0.2) is 4.79 Å². The number of benzene rings is 1. The average molecular weight is 413 g/mol. The summed E-state index contributed by atoms with van der Waals surface area (Å²) >= 11 is 0. The van der Waals surface area contributed by atoms with Gasteiger partial charge in [-0.1, -0.05) is 24.3 Å². The van der Waals surface area contributed by atoms with E-state index in [9.17, 15) is 9.59 Å². The molecule has 2 fully saturated rings. The molecule has 1 saturated heterocycles. The van der Waals surface area contributed by atoms with E-state index in [1.807, 2.05) is 20.8 Å². The van der Waals surface area contributed by atoms with Crippen molar-refractivity contribution in [2.24, 2.45) is 5.92 Å². The molecule has 5 heteroatoms. The minimum absolute atomic E-state index is 0.231. The van der Waals surface area contributed by atoms with Crippen LogP contribution in [0.3, 0.4) is 0 Å². The highest BCUT2D eigenvalue weighted by atomic mass is 16.6. The number of carbonyl (C=O) groups excluding carboxylic acids is 2. The van der Waals surface area contributed by atoms with Crippen molar-refractivity contribution in [3.63, 3.8) is 0 Å². The van der Waals surface area contributed by atoms with Crippen LogP contribution in [0.1, 0.15) is 82.9 Å². The number of ether oxygens (including phenoxy) is 1. The van der Waals surface area contributed by atoms with Crippen LogP contribution in [0.15, 0.2) is 24.3 Å². The van der Waals surface area contributed by atoms with Gasteiger partial charge in [-0.15, -0.1) is 0 Å². The van der Waals surface area contributed by atoms with E-state index in [4.69, 9.17) is 4.74 Å². The number of nitrogens with zero attached hydrogens (tertiary/aromatic N) is 2. The molecule has 4 rings (SSSR count). The monoisotopic (exact) mass is 412 g/mol. The van der Waals surface area contributed by atoms with Crippen LogP contribution in [0.4, 0.5) is 4.79 Å². The van der Waals surface area contributed by atoms with Gasteiger partial charge in [-0.3, -0.25) is 4.79 Å². The summed E-state index contributed by atoms with van der Waals surface area (Å²) in [5.41, 5.74) is 2.31. The SMILES string of the molecule is CC(C)(C)OC(=O)N1CCC(CC(=O)N(C2CC2)C2CCCc3ccccc32)CC1. The Morgan fingerprint density at radius 3 is 2.43 bits per heavy atom. The number of likely N-dealkylation sites (tertiary alicyclic amines) is 1. The Balaban J connectivity index is 1.36. The second kappa shape index (κ2) is 8.60. The molecule has 1 atom stereocenters. The van der Waals surface area contributed by atoms with Gasteiger partial charge in [-0.05, 0) is 82.8 Å². The van der Waals surface area contributed by atoms with Gasteiger partial charge in [0.25, 0.3) is 0 Å². The Morgan fingerprint density at radius 2 is 1.77 bits per heavy atom. The van der Waals surface area contributed by atoms with Crippen LogP contribution in [0.2, 0.25) is 0 Å². The van der Waals surface area contributed by atoms with E-state index in [1.54, 1.807) is 4.90 Å². The lowest BCUT2D eigenvalue weighted by atomic mass is 9.86. The van der Waals surface area contributed by atoms with Gasteiger partial charge >= 0.3 is 6.09 Å². The van der Waals surface area contributed by atoms with Crippen molar-refractivity contribution in [2.75, 3.05) is 13.1 Å². The van der Waals surface area contributed by atoms with Crippen LogP contribution in [0.5, 0.6) is 0 Å². The summed E-state index contributed by atoms with van der Waals surface area (Å²) in [6.45, 7) is 7.05. The molecule has 3 aliphatic rings. The molecule has 0 bridgehead atoms. The van der Waals surface area contributed by atoms with Crippen LogP contribution in [-0.4, -0.2) is 46.5 Å². The fourth-order valence-corrected chi connectivity index (χ4v) is 5.00. The zero-order valence-corrected chi connectivity index (χ0v) is 18.7. The molecule has 5 nitrogen and oxygen atoms in total. The quantitative estimate of drug-likeness (QED) is 0.692. The van der Waals surface area contributed by atoms with Gasteiger partial charge < -0.3 is 14.5 Å². The molecule has 0 N–H and O–H groups in total. The van der Waals surface area contributed by atoms with Crippen molar-refractivity contribution >= 4 is 12.0 Å². The Bertz CT molecular complexity index is 773. The number of rotatable bonds is 4. The molecule has 0 aromatic heterocycles. The maximum atomic E-state index is 13.4. The van der Waals surface area contributed by atoms with Gasteiger partial charge in [0.15, 0.2) is 0 Å². The smallest absolute Gasteiger partial charge is 0.410 e. The molecule has 1 aromatic carbocycles. The van der Waals surface area contributed by atoms with Crippen LogP contribution < -0.4 is 0 Å². The zero-order chi connectivity index (χ0) is 21.3. The number of aryl methyl sites for hydroxylation is 1. The Hall–Kier alpha value is -2.04. The van der Waals surface area contributed by atoms with E-state index in [0.29, 0.717) is 37.4 Å². The summed E-state index contributed by atoms with van der Waals surface area (Å²) in [6, 6.07) is 9.35. The lowest BCUT2D eigenvalue weighted by Gasteiger charge is -2.38. The van der Waals surface area contributed by atoms with Gasteiger partial charge in [0.2, 0.25) is 5.91 Å². The molecule has 1 aromatic rings. The summed E-state index contributed by atoms with van der Waals surface area (Å²) in [5.74, 6) is 0.672.